The van der Waals surface area contributed by atoms with E-state index in [9.17, 15) is 4.39 Å². The van der Waals surface area contributed by atoms with Crippen molar-refractivity contribution in [1.29, 1.82) is 0 Å². The SMILES string of the molecule is COCc1cnnn1N1C=NC2c3ccccc3-n3c(cnc3F)N21. The Bertz CT molecular complexity index is 980. The maximum atomic E-state index is 14.3. The largest absolute Gasteiger partial charge is 0.378 e. The van der Waals surface area contributed by atoms with Gasteiger partial charge < -0.3 is 4.74 Å². The molecule has 0 aliphatic carbocycles. The van der Waals surface area contributed by atoms with Gasteiger partial charge in [-0.1, -0.05) is 18.2 Å². The summed E-state index contributed by atoms with van der Waals surface area (Å²) in [4.78, 5) is 9.98. The van der Waals surface area contributed by atoms with Crippen LogP contribution in [0.5, 0.6) is 0 Å². The number of aliphatic imine (C=N–C) groups is 1. The molecule has 1 aromatic carbocycles. The van der Waals surface area contributed by atoms with Gasteiger partial charge in [0.05, 0.1) is 24.7 Å². The summed E-state index contributed by atoms with van der Waals surface area (Å²) in [7, 11) is 1.60. The number of nitrogens with zero attached hydrogens (tertiary/aromatic N) is 8. The fourth-order valence-corrected chi connectivity index (χ4v) is 3.22. The molecule has 1 unspecified atom stereocenters. The first-order valence-corrected chi connectivity index (χ1v) is 7.62. The highest BCUT2D eigenvalue weighted by molar-refractivity contribution is 5.78. The number of fused-ring (bicyclic) bond motifs is 6. The van der Waals surface area contributed by atoms with Crippen LogP contribution in [-0.2, 0) is 11.3 Å². The van der Waals surface area contributed by atoms with Crippen LogP contribution >= 0.6 is 0 Å². The Morgan fingerprint density at radius 2 is 2.12 bits per heavy atom. The third-order valence-electron chi connectivity index (χ3n) is 4.24. The van der Waals surface area contributed by atoms with E-state index in [1.54, 1.807) is 29.6 Å². The first kappa shape index (κ1) is 14.1. The molecule has 4 heterocycles. The third kappa shape index (κ3) is 1.85. The monoisotopic (exact) mass is 340 g/mol. The van der Waals surface area contributed by atoms with Crippen molar-refractivity contribution in [3.8, 4) is 5.69 Å². The van der Waals surface area contributed by atoms with E-state index in [-0.39, 0.29) is 6.17 Å². The van der Waals surface area contributed by atoms with E-state index in [2.05, 4.69) is 20.3 Å². The molecule has 0 radical (unpaired) electrons. The van der Waals surface area contributed by atoms with E-state index in [0.717, 1.165) is 16.9 Å². The molecule has 9 nitrogen and oxygen atoms in total. The molecule has 0 saturated heterocycles. The number of aromatic nitrogens is 5. The summed E-state index contributed by atoms with van der Waals surface area (Å²) >= 11 is 0. The molecule has 2 aromatic heterocycles. The van der Waals surface area contributed by atoms with Crippen molar-refractivity contribution in [2.24, 2.45) is 4.99 Å². The summed E-state index contributed by atoms with van der Waals surface area (Å²) in [6, 6.07) is 7.54. The highest BCUT2D eigenvalue weighted by Crippen LogP contribution is 2.41. The summed E-state index contributed by atoms with van der Waals surface area (Å²) in [5, 5.41) is 11.5. The molecular formula is C15H13FN8O. The molecule has 1 atom stereocenters. The Morgan fingerprint density at radius 3 is 3.00 bits per heavy atom. The second-order valence-corrected chi connectivity index (χ2v) is 5.63. The average molecular weight is 340 g/mol. The van der Waals surface area contributed by atoms with E-state index in [1.165, 1.54) is 10.8 Å². The number of benzene rings is 1. The van der Waals surface area contributed by atoms with Gasteiger partial charge in [0.25, 0.3) is 6.08 Å². The Hall–Kier alpha value is -3.27. The van der Waals surface area contributed by atoms with Crippen LogP contribution in [0.15, 0.2) is 41.7 Å². The van der Waals surface area contributed by atoms with Gasteiger partial charge in [0, 0.05) is 12.7 Å². The predicted octanol–water partition coefficient (Wildman–Crippen LogP) is 1.16. The van der Waals surface area contributed by atoms with E-state index in [4.69, 9.17) is 4.74 Å². The number of rotatable bonds is 3. The normalized spacial score (nSPS) is 17.6. The quantitative estimate of drug-likeness (QED) is 0.712. The van der Waals surface area contributed by atoms with Crippen molar-refractivity contribution in [2.45, 2.75) is 12.8 Å². The lowest BCUT2D eigenvalue weighted by molar-refractivity contribution is 0.177. The topological polar surface area (TPSA) is 76.6 Å². The number of hydrogen-bond acceptors (Lipinski definition) is 7. The van der Waals surface area contributed by atoms with Crippen LogP contribution in [0.2, 0.25) is 0 Å². The summed E-state index contributed by atoms with van der Waals surface area (Å²) in [5.74, 6) is 0.553. The molecule has 2 aliphatic rings. The number of anilines is 1. The average Bonchev–Trinajstić information content (AvgIpc) is 3.33. The Labute approximate surface area is 141 Å². The molecule has 126 valence electrons. The van der Waals surface area contributed by atoms with Crippen molar-refractivity contribution in [2.75, 3.05) is 17.2 Å². The molecule has 0 saturated carbocycles. The number of halogens is 1. The lowest BCUT2D eigenvalue weighted by atomic mass is 10.1. The maximum absolute atomic E-state index is 14.3. The van der Waals surface area contributed by atoms with Gasteiger partial charge in [0.1, 0.15) is 12.0 Å². The van der Waals surface area contributed by atoms with Gasteiger partial charge in [0.15, 0.2) is 12.0 Å². The highest BCUT2D eigenvalue weighted by atomic mass is 19.1. The van der Waals surface area contributed by atoms with Crippen molar-refractivity contribution >= 4 is 12.2 Å². The fraction of sp³-hybridized carbons (Fsp3) is 0.200. The summed E-state index contributed by atoms with van der Waals surface area (Å²) in [6.45, 7) is 0.333. The van der Waals surface area contributed by atoms with Crippen LogP contribution in [0.1, 0.15) is 17.4 Å². The zero-order chi connectivity index (χ0) is 17.0. The van der Waals surface area contributed by atoms with Gasteiger partial charge in [-0.3, -0.25) is 4.57 Å². The number of ether oxygens (including phenoxy) is 1. The lowest BCUT2D eigenvalue weighted by Crippen LogP contribution is -2.50. The van der Waals surface area contributed by atoms with E-state index in [0.29, 0.717) is 12.4 Å². The third-order valence-corrected chi connectivity index (χ3v) is 4.24. The van der Waals surface area contributed by atoms with Crippen LogP contribution in [0.25, 0.3) is 5.69 Å². The summed E-state index contributed by atoms with van der Waals surface area (Å²) in [5.41, 5.74) is 2.34. The molecular weight excluding hydrogens is 327 g/mol. The Balaban J connectivity index is 1.68. The van der Waals surface area contributed by atoms with Gasteiger partial charge in [-0.05, 0) is 11.3 Å². The number of methoxy groups -OCH3 is 1. The zero-order valence-electron chi connectivity index (χ0n) is 13.2. The first-order chi connectivity index (χ1) is 12.3. The van der Waals surface area contributed by atoms with E-state index >= 15 is 0 Å². The highest BCUT2D eigenvalue weighted by Gasteiger charge is 2.40. The second-order valence-electron chi connectivity index (χ2n) is 5.63. The van der Waals surface area contributed by atoms with Gasteiger partial charge >= 0.3 is 0 Å². The molecule has 2 aliphatic heterocycles. The molecule has 10 heteroatoms. The van der Waals surface area contributed by atoms with Crippen molar-refractivity contribution < 1.29 is 9.13 Å². The number of imidazole rings is 1. The minimum atomic E-state index is -0.580. The number of hydrogen-bond donors (Lipinski definition) is 0. The number of hydrazine groups is 1. The van der Waals surface area contributed by atoms with Gasteiger partial charge in [-0.2, -0.15) is 9.51 Å². The summed E-state index contributed by atoms with van der Waals surface area (Å²) in [6.07, 6.45) is 3.81. The Kier molecular flexibility index (Phi) is 2.88. The number of para-hydroxylation sites is 1. The molecule has 0 amide bonds. The van der Waals surface area contributed by atoms with Gasteiger partial charge in [-0.25, -0.2) is 15.0 Å². The molecule has 25 heavy (non-hydrogen) atoms. The molecule has 3 aromatic rings. The van der Waals surface area contributed by atoms with Crippen LogP contribution in [-0.4, -0.2) is 38.1 Å². The van der Waals surface area contributed by atoms with Crippen molar-refractivity contribution in [1.82, 2.24) is 24.7 Å². The molecule has 0 N–H and O–H groups in total. The Morgan fingerprint density at radius 1 is 1.24 bits per heavy atom. The molecule has 0 bridgehead atoms. The van der Waals surface area contributed by atoms with E-state index in [1.807, 2.05) is 29.3 Å². The second kappa shape index (κ2) is 5.11. The van der Waals surface area contributed by atoms with Crippen LogP contribution in [0, 0.1) is 6.08 Å². The maximum Gasteiger partial charge on any atom is 0.295 e. The zero-order valence-corrected chi connectivity index (χ0v) is 13.2. The van der Waals surface area contributed by atoms with Crippen LogP contribution < -0.4 is 10.1 Å². The minimum absolute atomic E-state index is 0.333. The summed E-state index contributed by atoms with van der Waals surface area (Å²) < 4.78 is 21.0. The molecule has 5 rings (SSSR count). The minimum Gasteiger partial charge on any atom is -0.378 e. The lowest BCUT2D eigenvalue weighted by Gasteiger charge is -2.37. The fourth-order valence-electron chi connectivity index (χ4n) is 3.22. The molecule has 0 spiro atoms. The standard InChI is InChI=1S/C15H13FN8O/c1-25-8-10-6-19-20-24(10)21-9-18-14-11-4-2-3-5-12(11)22-13(23(14)21)7-17-15(22)16/h2-7,9,14H,8H2,1H3. The van der Waals surface area contributed by atoms with Gasteiger partial charge in [-0.15, -0.1) is 9.89 Å². The van der Waals surface area contributed by atoms with Gasteiger partial charge in [0.2, 0.25) is 0 Å². The predicted molar refractivity (Wildman–Crippen MR) is 86.2 cm³/mol. The van der Waals surface area contributed by atoms with Crippen LogP contribution in [0.4, 0.5) is 10.2 Å². The smallest absolute Gasteiger partial charge is 0.295 e. The van der Waals surface area contributed by atoms with Crippen LogP contribution in [0.3, 0.4) is 0 Å². The van der Waals surface area contributed by atoms with E-state index < -0.39 is 6.08 Å². The molecule has 0 fully saturated rings. The van der Waals surface area contributed by atoms with Crippen molar-refractivity contribution in [3.63, 3.8) is 0 Å². The first-order valence-electron chi connectivity index (χ1n) is 7.62. The van der Waals surface area contributed by atoms with Crippen molar-refractivity contribution in [3.05, 3.63) is 54.0 Å².